The van der Waals surface area contributed by atoms with Gasteiger partial charge in [-0.25, -0.2) is 4.79 Å². The van der Waals surface area contributed by atoms with E-state index < -0.39 is 17.3 Å². The number of carbonyl (C=O) groups excluding carboxylic acids is 2. The molecule has 1 aliphatic carbocycles. The zero-order valence-corrected chi connectivity index (χ0v) is 20.2. The van der Waals surface area contributed by atoms with Crippen molar-refractivity contribution in [2.75, 3.05) is 13.7 Å². The number of methoxy groups -OCH3 is 1. The summed E-state index contributed by atoms with van der Waals surface area (Å²) in [6.07, 6.45) is 2.99. The molecular formula is C28H33NO5. The second kappa shape index (κ2) is 8.73. The van der Waals surface area contributed by atoms with Crippen LogP contribution in [-0.4, -0.2) is 41.8 Å². The van der Waals surface area contributed by atoms with Crippen LogP contribution in [0.25, 0.3) is 0 Å². The van der Waals surface area contributed by atoms with Crippen LogP contribution in [0.4, 0.5) is 0 Å². The van der Waals surface area contributed by atoms with E-state index in [-0.39, 0.29) is 24.3 Å². The van der Waals surface area contributed by atoms with Gasteiger partial charge >= 0.3 is 5.97 Å². The zero-order chi connectivity index (χ0) is 23.9. The fraction of sp³-hybridized carbons (Fsp3) is 0.500. The molecule has 1 spiro atoms. The average molecular weight is 464 g/mol. The van der Waals surface area contributed by atoms with E-state index in [9.17, 15) is 9.59 Å². The van der Waals surface area contributed by atoms with Gasteiger partial charge < -0.3 is 19.1 Å². The molecule has 5 rings (SSSR count). The SMILES string of the molecule is CCOC(=O)[C@]12C[C@@H]3[C@H](Cc4cccc(OC)c4)C[C@@H](C)C[C@@]3(O1)N(Cc1ccccc1)C2=O. The predicted molar refractivity (Wildman–Crippen MR) is 127 cm³/mol. The Morgan fingerprint density at radius 2 is 1.88 bits per heavy atom. The van der Waals surface area contributed by atoms with Crippen LogP contribution in [0.2, 0.25) is 0 Å². The molecule has 3 fully saturated rings. The minimum absolute atomic E-state index is 0.0562. The number of ether oxygens (including phenoxy) is 3. The van der Waals surface area contributed by atoms with Crippen molar-refractivity contribution in [3.05, 3.63) is 65.7 Å². The molecule has 6 heteroatoms. The lowest BCUT2D eigenvalue weighted by atomic mass is 9.64. The highest BCUT2D eigenvalue weighted by atomic mass is 16.6. The lowest BCUT2D eigenvalue weighted by Gasteiger charge is -2.50. The summed E-state index contributed by atoms with van der Waals surface area (Å²) in [5, 5.41) is 0. The maximum Gasteiger partial charge on any atom is 0.348 e. The molecule has 2 aromatic carbocycles. The Kier molecular flexibility index (Phi) is 5.88. The molecule has 3 aliphatic rings. The maximum absolute atomic E-state index is 13.8. The van der Waals surface area contributed by atoms with E-state index in [4.69, 9.17) is 14.2 Å². The van der Waals surface area contributed by atoms with Gasteiger partial charge in [0.1, 0.15) is 11.5 Å². The first-order chi connectivity index (χ1) is 16.4. The quantitative estimate of drug-likeness (QED) is 0.451. The highest BCUT2D eigenvalue weighted by Gasteiger charge is 2.76. The second-order valence-corrected chi connectivity index (χ2v) is 10.0. The predicted octanol–water partition coefficient (Wildman–Crippen LogP) is 4.36. The van der Waals surface area contributed by atoms with Crippen molar-refractivity contribution in [3.8, 4) is 5.75 Å². The molecule has 0 radical (unpaired) electrons. The molecule has 34 heavy (non-hydrogen) atoms. The van der Waals surface area contributed by atoms with Crippen molar-refractivity contribution in [2.24, 2.45) is 17.8 Å². The number of piperidine rings is 1. The summed E-state index contributed by atoms with van der Waals surface area (Å²) in [4.78, 5) is 28.8. The summed E-state index contributed by atoms with van der Waals surface area (Å²) in [7, 11) is 1.68. The van der Waals surface area contributed by atoms with Gasteiger partial charge in [-0.05, 0) is 61.3 Å². The molecule has 1 amide bonds. The number of rotatable bonds is 7. The molecular weight excluding hydrogens is 430 g/mol. The van der Waals surface area contributed by atoms with Crippen LogP contribution in [-0.2, 0) is 32.0 Å². The summed E-state index contributed by atoms with van der Waals surface area (Å²) in [6.45, 7) is 4.63. The Balaban J connectivity index is 1.53. The van der Waals surface area contributed by atoms with Crippen molar-refractivity contribution in [1.82, 2.24) is 4.90 Å². The number of benzene rings is 2. The fourth-order valence-electron chi connectivity index (χ4n) is 6.53. The second-order valence-electron chi connectivity index (χ2n) is 10.0. The number of amides is 1. The van der Waals surface area contributed by atoms with Crippen LogP contribution < -0.4 is 4.74 Å². The molecule has 2 bridgehead atoms. The minimum Gasteiger partial charge on any atom is -0.497 e. The van der Waals surface area contributed by atoms with Crippen LogP contribution in [0.1, 0.15) is 44.2 Å². The van der Waals surface area contributed by atoms with Crippen LogP contribution in [0, 0.1) is 17.8 Å². The molecule has 2 aliphatic heterocycles. The Labute approximate surface area is 201 Å². The van der Waals surface area contributed by atoms with Gasteiger partial charge in [0, 0.05) is 18.9 Å². The summed E-state index contributed by atoms with van der Waals surface area (Å²) in [5.41, 5.74) is -0.100. The number of hydrogen-bond acceptors (Lipinski definition) is 5. The van der Waals surface area contributed by atoms with E-state index in [0.29, 0.717) is 18.9 Å². The molecule has 1 saturated carbocycles. The van der Waals surface area contributed by atoms with Gasteiger partial charge in [0.2, 0.25) is 5.60 Å². The van der Waals surface area contributed by atoms with E-state index in [0.717, 1.165) is 30.6 Å². The third-order valence-corrected chi connectivity index (χ3v) is 7.82. The maximum atomic E-state index is 13.8. The number of likely N-dealkylation sites (tertiary alicyclic amines) is 1. The van der Waals surface area contributed by atoms with E-state index in [1.54, 1.807) is 14.0 Å². The highest BCUT2D eigenvalue weighted by molar-refractivity contribution is 6.08. The van der Waals surface area contributed by atoms with Gasteiger partial charge in [-0.1, -0.05) is 49.4 Å². The molecule has 2 aromatic rings. The molecule has 0 aromatic heterocycles. The molecule has 2 heterocycles. The van der Waals surface area contributed by atoms with Crippen molar-refractivity contribution in [3.63, 3.8) is 0 Å². The summed E-state index contributed by atoms with van der Waals surface area (Å²) >= 11 is 0. The molecule has 2 saturated heterocycles. The van der Waals surface area contributed by atoms with Gasteiger partial charge in [-0.3, -0.25) is 4.79 Å². The smallest absolute Gasteiger partial charge is 0.348 e. The van der Waals surface area contributed by atoms with E-state index in [1.807, 2.05) is 47.4 Å². The van der Waals surface area contributed by atoms with Crippen LogP contribution in [0.5, 0.6) is 5.75 Å². The summed E-state index contributed by atoms with van der Waals surface area (Å²) in [5.74, 6) is 0.731. The number of hydrogen-bond donors (Lipinski definition) is 0. The van der Waals surface area contributed by atoms with Gasteiger partial charge in [0.05, 0.1) is 13.7 Å². The number of nitrogens with zero attached hydrogens (tertiary/aromatic N) is 1. The van der Waals surface area contributed by atoms with Gasteiger partial charge in [-0.2, -0.15) is 0 Å². The van der Waals surface area contributed by atoms with Crippen LogP contribution in [0.3, 0.4) is 0 Å². The lowest BCUT2D eigenvalue weighted by molar-refractivity contribution is -0.179. The fourth-order valence-corrected chi connectivity index (χ4v) is 6.53. The number of esters is 1. The molecule has 0 unspecified atom stereocenters. The molecule has 180 valence electrons. The molecule has 0 N–H and O–H groups in total. The normalized spacial score (nSPS) is 31.9. The zero-order valence-electron chi connectivity index (χ0n) is 20.2. The van der Waals surface area contributed by atoms with Crippen molar-refractivity contribution in [1.29, 1.82) is 0 Å². The van der Waals surface area contributed by atoms with Gasteiger partial charge in [0.15, 0.2) is 0 Å². The van der Waals surface area contributed by atoms with Crippen LogP contribution >= 0.6 is 0 Å². The molecule has 6 nitrogen and oxygen atoms in total. The molecule has 5 atom stereocenters. The first kappa shape index (κ1) is 22.9. The average Bonchev–Trinajstić information content (AvgIpc) is 3.30. The van der Waals surface area contributed by atoms with Gasteiger partial charge in [-0.15, -0.1) is 0 Å². The van der Waals surface area contributed by atoms with Gasteiger partial charge in [0.25, 0.3) is 5.91 Å². The third kappa shape index (κ3) is 3.59. The van der Waals surface area contributed by atoms with Crippen LogP contribution in [0.15, 0.2) is 54.6 Å². The topological polar surface area (TPSA) is 65.1 Å². The monoisotopic (exact) mass is 463 g/mol. The number of carbonyl (C=O) groups is 2. The Bertz CT molecular complexity index is 1070. The Hall–Kier alpha value is -2.86. The standard InChI is InChI=1S/C28H33NO5/c1-4-33-26(31)27-17-24-22(14-21-11-8-12-23(15-21)32-3)13-19(2)16-28(24,34-27)29(25(27)30)18-20-9-6-5-7-10-20/h5-12,15,19,22,24H,4,13-14,16-18H2,1-3H3/t19-,22+,24-,27-,28+/m1/s1. The third-order valence-electron chi connectivity index (χ3n) is 7.82. The highest BCUT2D eigenvalue weighted by Crippen LogP contribution is 2.61. The largest absolute Gasteiger partial charge is 0.497 e. The van der Waals surface area contributed by atoms with E-state index >= 15 is 0 Å². The van der Waals surface area contributed by atoms with Crippen molar-refractivity contribution < 1.29 is 23.8 Å². The lowest BCUT2D eigenvalue weighted by Crippen LogP contribution is -2.60. The Morgan fingerprint density at radius 3 is 2.62 bits per heavy atom. The van der Waals surface area contributed by atoms with E-state index in [2.05, 4.69) is 19.1 Å². The van der Waals surface area contributed by atoms with E-state index in [1.165, 1.54) is 5.56 Å². The minimum atomic E-state index is -1.54. The first-order valence-corrected chi connectivity index (χ1v) is 12.3. The van der Waals surface area contributed by atoms with Crippen molar-refractivity contribution in [2.45, 2.75) is 57.4 Å². The number of fused-ring (bicyclic) bond motifs is 1. The first-order valence-electron chi connectivity index (χ1n) is 12.3. The van der Waals surface area contributed by atoms with Crippen molar-refractivity contribution >= 4 is 11.9 Å². The summed E-state index contributed by atoms with van der Waals surface area (Å²) in [6, 6.07) is 18.1. The Morgan fingerprint density at radius 1 is 1.12 bits per heavy atom. The summed E-state index contributed by atoms with van der Waals surface area (Å²) < 4.78 is 17.5.